The molecule has 0 bridgehead atoms. The van der Waals surface area contributed by atoms with Crippen molar-refractivity contribution in [3.8, 4) is 28.5 Å². The van der Waals surface area contributed by atoms with Crippen LogP contribution in [-0.2, 0) is 0 Å². The van der Waals surface area contributed by atoms with Crippen LogP contribution in [0.5, 0.6) is 0 Å². The van der Waals surface area contributed by atoms with Crippen LogP contribution in [-0.4, -0.2) is 20.0 Å². The van der Waals surface area contributed by atoms with E-state index in [9.17, 15) is 0 Å². The molecular formula is C22H17Cl3N4O. The Kier molecular flexibility index (Phi) is 5.05. The molecule has 152 valence electrons. The highest BCUT2D eigenvalue weighted by atomic mass is 35.5. The highest BCUT2D eigenvalue weighted by Crippen LogP contribution is 2.39. The van der Waals surface area contributed by atoms with Crippen LogP contribution in [0.25, 0.3) is 28.5 Å². The Bertz CT molecular complexity index is 1230. The predicted octanol–water partition coefficient (Wildman–Crippen LogP) is 7.13. The van der Waals surface area contributed by atoms with Gasteiger partial charge in [0.25, 0.3) is 5.89 Å². The van der Waals surface area contributed by atoms with Gasteiger partial charge < -0.3 is 4.42 Å². The lowest BCUT2D eigenvalue weighted by Crippen LogP contribution is -2.08. The van der Waals surface area contributed by atoms with Gasteiger partial charge in [0.2, 0.25) is 5.89 Å². The molecule has 2 aromatic heterocycles. The zero-order chi connectivity index (χ0) is 20.8. The van der Waals surface area contributed by atoms with Crippen LogP contribution in [0.4, 0.5) is 0 Å². The molecule has 8 heteroatoms. The van der Waals surface area contributed by atoms with Crippen molar-refractivity contribution in [3.05, 3.63) is 69.0 Å². The highest BCUT2D eigenvalue weighted by molar-refractivity contribution is 6.43. The smallest absolute Gasteiger partial charge is 0.268 e. The van der Waals surface area contributed by atoms with E-state index in [1.165, 1.54) is 6.42 Å². The second-order valence-electron chi connectivity index (χ2n) is 7.39. The van der Waals surface area contributed by atoms with Crippen molar-refractivity contribution >= 4 is 34.8 Å². The lowest BCUT2D eigenvalue weighted by Gasteiger charge is -2.20. The summed E-state index contributed by atoms with van der Waals surface area (Å²) in [5.74, 6) is 1.44. The third-order valence-electron chi connectivity index (χ3n) is 5.50. The molecule has 0 spiro atoms. The van der Waals surface area contributed by atoms with E-state index in [2.05, 4.69) is 10.2 Å². The zero-order valence-corrected chi connectivity index (χ0v) is 18.3. The topological polar surface area (TPSA) is 56.7 Å². The van der Waals surface area contributed by atoms with Crippen molar-refractivity contribution in [2.75, 3.05) is 0 Å². The molecule has 1 aliphatic carbocycles. The van der Waals surface area contributed by atoms with E-state index >= 15 is 0 Å². The number of benzene rings is 2. The van der Waals surface area contributed by atoms with E-state index in [0.29, 0.717) is 44.1 Å². The van der Waals surface area contributed by atoms with Gasteiger partial charge in [-0.15, -0.1) is 10.2 Å². The van der Waals surface area contributed by atoms with Crippen LogP contribution < -0.4 is 0 Å². The molecule has 0 N–H and O–H groups in total. The minimum Gasteiger partial charge on any atom is -0.419 e. The Morgan fingerprint density at radius 2 is 1.77 bits per heavy atom. The standard InChI is InChI=1S/C22H17Cl3N4O/c1-12-19(22-27-26-21(30-22)14-4-2-5-14)28-29(17-7-3-6-16(24)18(17)25)20(12)13-8-10-15(23)11-9-13/h3,6-11,14H,2,4-5H2,1H3. The zero-order valence-electron chi connectivity index (χ0n) is 16.1. The van der Waals surface area contributed by atoms with Gasteiger partial charge in [0, 0.05) is 22.1 Å². The Morgan fingerprint density at radius 3 is 2.47 bits per heavy atom. The Balaban J connectivity index is 1.70. The van der Waals surface area contributed by atoms with Gasteiger partial charge in [0.1, 0.15) is 0 Å². The first kappa shape index (κ1) is 19.6. The van der Waals surface area contributed by atoms with Gasteiger partial charge in [0.05, 0.1) is 21.4 Å². The molecule has 0 aliphatic heterocycles. The minimum atomic E-state index is 0.353. The molecule has 1 aliphatic rings. The first-order valence-corrected chi connectivity index (χ1v) is 10.8. The average Bonchev–Trinajstić information content (AvgIpc) is 3.28. The van der Waals surface area contributed by atoms with Crippen molar-refractivity contribution in [3.63, 3.8) is 0 Å². The second-order valence-corrected chi connectivity index (χ2v) is 8.61. The summed E-state index contributed by atoms with van der Waals surface area (Å²) in [6.07, 6.45) is 3.37. The average molecular weight is 460 g/mol. The maximum Gasteiger partial charge on any atom is 0.268 e. The monoisotopic (exact) mass is 458 g/mol. The summed E-state index contributed by atoms with van der Waals surface area (Å²) in [6.45, 7) is 1.98. The van der Waals surface area contributed by atoms with Crippen molar-refractivity contribution in [1.29, 1.82) is 0 Å². The fourth-order valence-corrected chi connectivity index (χ4v) is 4.13. The molecule has 30 heavy (non-hydrogen) atoms. The van der Waals surface area contributed by atoms with Crippen molar-refractivity contribution in [1.82, 2.24) is 20.0 Å². The number of hydrogen-bond acceptors (Lipinski definition) is 4. The van der Waals surface area contributed by atoms with Crippen LogP contribution in [0.1, 0.15) is 36.6 Å². The SMILES string of the molecule is Cc1c(-c2nnc(C3CCC3)o2)nn(-c2cccc(Cl)c2Cl)c1-c1ccc(Cl)cc1. The molecule has 2 heterocycles. The van der Waals surface area contributed by atoms with E-state index in [1.54, 1.807) is 10.7 Å². The van der Waals surface area contributed by atoms with Crippen LogP contribution in [0, 0.1) is 6.92 Å². The molecule has 0 radical (unpaired) electrons. The van der Waals surface area contributed by atoms with Gasteiger partial charge in [-0.2, -0.15) is 5.10 Å². The predicted molar refractivity (Wildman–Crippen MR) is 119 cm³/mol. The fraction of sp³-hybridized carbons (Fsp3) is 0.227. The Labute approximate surface area is 188 Å². The van der Waals surface area contributed by atoms with Gasteiger partial charge in [-0.3, -0.25) is 0 Å². The molecule has 0 saturated heterocycles. The van der Waals surface area contributed by atoms with Crippen LogP contribution in [0.2, 0.25) is 15.1 Å². The van der Waals surface area contributed by atoms with E-state index in [0.717, 1.165) is 29.7 Å². The molecule has 5 rings (SSSR count). The molecule has 0 unspecified atom stereocenters. The van der Waals surface area contributed by atoms with Gasteiger partial charge >= 0.3 is 0 Å². The van der Waals surface area contributed by atoms with Crippen molar-refractivity contribution in [2.24, 2.45) is 0 Å². The van der Waals surface area contributed by atoms with Gasteiger partial charge in [-0.05, 0) is 44.0 Å². The van der Waals surface area contributed by atoms with Gasteiger partial charge in [-0.25, -0.2) is 4.68 Å². The quantitative estimate of drug-likeness (QED) is 0.326. The van der Waals surface area contributed by atoms with Crippen LogP contribution >= 0.6 is 34.8 Å². The minimum absolute atomic E-state index is 0.353. The number of rotatable bonds is 4. The maximum atomic E-state index is 6.53. The lowest BCUT2D eigenvalue weighted by atomic mass is 9.85. The molecule has 1 fully saturated rings. The Morgan fingerprint density at radius 1 is 1.00 bits per heavy atom. The highest BCUT2D eigenvalue weighted by Gasteiger charge is 2.28. The summed E-state index contributed by atoms with van der Waals surface area (Å²) < 4.78 is 7.76. The third-order valence-corrected chi connectivity index (χ3v) is 6.56. The van der Waals surface area contributed by atoms with Gasteiger partial charge in [-0.1, -0.05) is 59.4 Å². The number of hydrogen-bond donors (Lipinski definition) is 0. The first-order chi connectivity index (χ1) is 14.5. The summed E-state index contributed by atoms with van der Waals surface area (Å²) >= 11 is 18.9. The summed E-state index contributed by atoms with van der Waals surface area (Å²) in [4.78, 5) is 0. The molecular weight excluding hydrogens is 443 g/mol. The molecule has 5 nitrogen and oxygen atoms in total. The summed E-state index contributed by atoms with van der Waals surface area (Å²) in [6, 6.07) is 13.0. The normalized spacial score (nSPS) is 14.1. The molecule has 0 amide bonds. The van der Waals surface area contributed by atoms with E-state index in [1.807, 2.05) is 43.3 Å². The summed E-state index contributed by atoms with van der Waals surface area (Å²) in [5, 5.41) is 14.9. The molecule has 1 saturated carbocycles. The summed E-state index contributed by atoms with van der Waals surface area (Å²) in [5.41, 5.74) is 3.98. The number of aromatic nitrogens is 4. The van der Waals surface area contributed by atoms with Crippen LogP contribution in [0.15, 0.2) is 46.9 Å². The van der Waals surface area contributed by atoms with Crippen molar-refractivity contribution in [2.45, 2.75) is 32.1 Å². The molecule has 2 aromatic carbocycles. The molecule has 4 aromatic rings. The van der Waals surface area contributed by atoms with Crippen LogP contribution in [0.3, 0.4) is 0 Å². The Hall–Kier alpha value is -2.34. The largest absolute Gasteiger partial charge is 0.419 e. The number of nitrogens with zero attached hydrogens (tertiary/aromatic N) is 4. The van der Waals surface area contributed by atoms with E-state index in [4.69, 9.17) is 44.3 Å². The van der Waals surface area contributed by atoms with E-state index in [-0.39, 0.29) is 0 Å². The summed E-state index contributed by atoms with van der Waals surface area (Å²) in [7, 11) is 0. The first-order valence-electron chi connectivity index (χ1n) is 9.66. The van der Waals surface area contributed by atoms with E-state index < -0.39 is 0 Å². The number of halogens is 3. The lowest BCUT2D eigenvalue weighted by molar-refractivity contribution is 0.338. The molecule has 0 atom stereocenters. The third kappa shape index (κ3) is 3.31. The maximum absolute atomic E-state index is 6.53. The van der Waals surface area contributed by atoms with Crippen molar-refractivity contribution < 1.29 is 4.42 Å². The van der Waals surface area contributed by atoms with Gasteiger partial charge in [0.15, 0.2) is 5.69 Å². The second kappa shape index (κ2) is 7.73. The fourth-order valence-electron chi connectivity index (χ4n) is 3.63.